The molecule has 2 heterocycles. The summed E-state index contributed by atoms with van der Waals surface area (Å²) in [4.78, 5) is 9.49. The van der Waals surface area contributed by atoms with Crippen molar-refractivity contribution in [2.75, 3.05) is 18.0 Å². The molecule has 2 rings (SSSR count). The van der Waals surface area contributed by atoms with Crippen LogP contribution in [-0.4, -0.2) is 23.1 Å². The second-order valence-electron chi connectivity index (χ2n) is 3.66. The molecule has 1 fully saturated rings. The van der Waals surface area contributed by atoms with Gasteiger partial charge in [-0.3, -0.25) is 0 Å². The van der Waals surface area contributed by atoms with Crippen molar-refractivity contribution in [3.63, 3.8) is 0 Å². The first-order valence-corrected chi connectivity index (χ1v) is 5.57. The third-order valence-corrected chi connectivity index (χ3v) is 2.81. The molecular weight excluding hydrogens is 194 g/mol. The van der Waals surface area contributed by atoms with Gasteiger partial charge in [-0.05, 0) is 31.1 Å². The minimum atomic E-state index is 0.576. The Kier molecular flexibility index (Phi) is 3.14. The molecule has 0 atom stereocenters. The van der Waals surface area contributed by atoms with E-state index >= 15 is 0 Å². The molecule has 1 saturated heterocycles. The number of nitrogens with one attached hydrogen (secondary N) is 1. The Hall–Kier alpha value is -0.900. The first kappa shape index (κ1) is 9.65. The molecule has 1 N–H and O–H groups in total. The third-order valence-electron chi connectivity index (χ3n) is 2.61. The molecule has 14 heavy (non-hydrogen) atoms. The highest BCUT2D eigenvalue weighted by Crippen LogP contribution is 2.15. The summed E-state index contributed by atoms with van der Waals surface area (Å²) in [6.45, 7) is 2.27. The van der Waals surface area contributed by atoms with Crippen molar-refractivity contribution in [3.05, 3.63) is 17.0 Å². The molecule has 0 saturated carbocycles. The highest BCUT2D eigenvalue weighted by Gasteiger charge is 2.09. The fourth-order valence-electron chi connectivity index (χ4n) is 1.86. The van der Waals surface area contributed by atoms with E-state index in [0.29, 0.717) is 4.77 Å². The van der Waals surface area contributed by atoms with Gasteiger partial charge < -0.3 is 9.88 Å². The number of anilines is 1. The zero-order valence-electron chi connectivity index (χ0n) is 8.20. The molecule has 0 aromatic carbocycles. The third kappa shape index (κ3) is 2.32. The number of hydrogen-bond acceptors (Lipinski definition) is 3. The summed E-state index contributed by atoms with van der Waals surface area (Å²) >= 11 is 5.01. The van der Waals surface area contributed by atoms with Crippen LogP contribution < -0.4 is 4.90 Å². The van der Waals surface area contributed by atoms with Crippen LogP contribution in [0.15, 0.2) is 12.3 Å². The van der Waals surface area contributed by atoms with Gasteiger partial charge in [0, 0.05) is 19.3 Å². The number of aromatic amines is 1. The monoisotopic (exact) mass is 209 g/mol. The highest BCUT2D eigenvalue weighted by molar-refractivity contribution is 7.71. The van der Waals surface area contributed by atoms with Crippen molar-refractivity contribution in [1.29, 1.82) is 0 Å². The molecule has 0 aliphatic carbocycles. The predicted octanol–water partition coefficient (Wildman–Crippen LogP) is 2.52. The molecule has 1 aliphatic rings. The lowest BCUT2D eigenvalue weighted by Crippen LogP contribution is -2.24. The van der Waals surface area contributed by atoms with Crippen LogP contribution in [0.1, 0.15) is 25.7 Å². The molecule has 1 aromatic rings. The van der Waals surface area contributed by atoms with Gasteiger partial charge in [0.25, 0.3) is 0 Å². The van der Waals surface area contributed by atoms with Gasteiger partial charge in [-0.1, -0.05) is 12.8 Å². The van der Waals surface area contributed by atoms with Crippen LogP contribution in [0.25, 0.3) is 0 Å². The topological polar surface area (TPSA) is 31.9 Å². The van der Waals surface area contributed by atoms with Crippen molar-refractivity contribution in [2.45, 2.75) is 25.7 Å². The van der Waals surface area contributed by atoms with Crippen LogP contribution in [0, 0.1) is 4.77 Å². The Morgan fingerprint density at radius 3 is 2.57 bits per heavy atom. The van der Waals surface area contributed by atoms with Crippen LogP contribution in [0.2, 0.25) is 0 Å². The second kappa shape index (κ2) is 4.55. The Bertz CT molecular complexity index is 339. The Balaban J connectivity index is 2.16. The van der Waals surface area contributed by atoms with Crippen molar-refractivity contribution in [2.24, 2.45) is 0 Å². The molecule has 1 aliphatic heterocycles. The summed E-state index contributed by atoms with van der Waals surface area (Å²) < 4.78 is 0.576. The lowest BCUT2D eigenvalue weighted by atomic mass is 10.2. The highest BCUT2D eigenvalue weighted by atomic mass is 32.1. The SMILES string of the molecule is S=c1nccc(N2CCCCCC2)[nH]1. The maximum Gasteiger partial charge on any atom is 0.198 e. The van der Waals surface area contributed by atoms with E-state index in [1.165, 1.54) is 25.7 Å². The van der Waals surface area contributed by atoms with Gasteiger partial charge in [0.1, 0.15) is 5.82 Å². The molecule has 76 valence electrons. The standard InChI is InChI=1S/C10H15N3S/c14-10-11-6-5-9(12-10)13-7-3-1-2-4-8-13/h5-6H,1-4,7-8H2,(H,11,12,14). The van der Waals surface area contributed by atoms with Gasteiger partial charge in [-0.25, -0.2) is 4.98 Å². The second-order valence-corrected chi connectivity index (χ2v) is 4.05. The average molecular weight is 209 g/mol. The summed E-state index contributed by atoms with van der Waals surface area (Å²) in [7, 11) is 0. The normalized spacial score (nSPS) is 17.9. The van der Waals surface area contributed by atoms with Crippen LogP contribution in [0.4, 0.5) is 5.82 Å². The van der Waals surface area contributed by atoms with E-state index in [2.05, 4.69) is 14.9 Å². The largest absolute Gasteiger partial charge is 0.358 e. The van der Waals surface area contributed by atoms with Gasteiger partial charge in [0.2, 0.25) is 0 Å². The maximum absolute atomic E-state index is 5.01. The first-order chi connectivity index (χ1) is 6.86. The van der Waals surface area contributed by atoms with Crippen LogP contribution in [0.3, 0.4) is 0 Å². The quantitative estimate of drug-likeness (QED) is 0.721. The number of H-pyrrole nitrogens is 1. The average Bonchev–Trinajstić information content (AvgIpc) is 2.45. The van der Waals surface area contributed by atoms with Crippen molar-refractivity contribution in [3.8, 4) is 0 Å². The van der Waals surface area contributed by atoms with Crippen molar-refractivity contribution < 1.29 is 0 Å². The fraction of sp³-hybridized carbons (Fsp3) is 0.600. The molecule has 0 amide bonds. The Morgan fingerprint density at radius 1 is 1.21 bits per heavy atom. The summed E-state index contributed by atoms with van der Waals surface area (Å²) in [5, 5.41) is 0. The van der Waals surface area contributed by atoms with Crippen LogP contribution >= 0.6 is 12.2 Å². The van der Waals surface area contributed by atoms with Gasteiger partial charge in [0.15, 0.2) is 4.77 Å². The van der Waals surface area contributed by atoms with E-state index in [4.69, 9.17) is 12.2 Å². The van der Waals surface area contributed by atoms with Gasteiger partial charge >= 0.3 is 0 Å². The minimum Gasteiger partial charge on any atom is -0.358 e. The van der Waals surface area contributed by atoms with Crippen molar-refractivity contribution >= 4 is 18.0 Å². The van der Waals surface area contributed by atoms with Gasteiger partial charge in [-0.2, -0.15) is 0 Å². The zero-order chi connectivity index (χ0) is 9.80. The van der Waals surface area contributed by atoms with Crippen LogP contribution in [-0.2, 0) is 0 Å². The maximum atomic E-state index is 5.01. The fourth-order valence-corrected chi connectivity index (χ4v) is 2.02. The predicted molar refractivity (Wildman–Crippen MR) is 60.1 cm³/mol. The summed E-state index contributed by atoms with van der Waals surface area (Å²) in [6.07, 6.45) is 7.04. The van der Waals surface area contributed by atoms with Crippen molar-refractivity contribution in [1.82, 2.24) is 9.97 Å². The molecule has 0 spiro atoms. The number of hydrogen-bond donors (Lipinski definition) is 1. The lowest BCUT2D eigenvalue weighted by molar-refractivity contribution is 0.726. The van der Waals surface area contributed by atoms with E-state index in [1.54, 1.807) is 6.20 Å². The Morgan fingerprint density at radius 2 is 1.93 bits per heavy atom. The van der Waals surface area contributed by atoms with Crippen LogP contribution in [0.5, 0.6) is 0 Å². The van der Waals surface area contributed by atoms with E-state index < -0.39 is 0 Å². The molecule has 4 heteroatoms. The van der Waals surface area contributed by atoms with E-state index in [-0.39, 0.29) is 0 Å². The van der Waals surface area contributed by atoms with E-state index in [9.17, 15) is 0 Å². The minimum absolute atomic E-state index is 0.576. The summed E-state index contributed by atoms with van der Waals surface area (Å²) in [5.41, 5.74) is 0. The first-order valence-electron chi connectivity index (χ1n) is 5.16. The Labute approximate surface area is 89.2 Å². The summed E-state index contributed by atoms with van der Waals surface area (Å²) in [5.74, 6) is 1.12. The number of nitrogens with zero attached hydrogens (tertiary/aromatic N) is 2. The van der Waals surface area contributed by atoms with E-state index in [1.807, 2.05) is 6.07 Å². The zero-order valence-corrected chi connectivity index (χ0v) is 9.02. The smallest absolute Gasteiger partial charge is 0.198 e. The molecule has 0 bridgehead atoms. The lowest BCUT2D eigenvalue weighted by Gasteiger charge is -2.21. The van der Waals surface area contributed by atoms with Gasteiger partial charge in [0.05, 0.1) is 0 Å². The molecule has 1 aromatic heterocycles. The summed E-state index contributed by atoms with van der Waals surface area (Å²) in [6, 6.07) is 2.00. The molecule has 0 radical (unpaired) electrons. The molecular formula is C10H15N3S. The van der Waals surface area contributed by atoms with Gasteiger partial charge in [-0.15, -0.1) is 0 Å². The number of aromatic nitrogens is 2. The molecule has 0 unspecified atom stereocenters. The molecule has 3 nitrogen and oxygen atoms in total. The van der Waals surface area contributed by atoms with E-state index in [0.717, 1.165) is 18.9 Å². The number of rotatable bonds is 1.